The quantitative estimate of drug-likeness (QED) is 0.355. The minimum atomic E-state index is -0.775. The molecule has 0 saturated carbocycles. The molecule has 1 unspecified atom stereocenters. The fourth-order valence-electron chi connectivity index (χ4n) is 2.08. The zero-order valence-corrected chi connectivity index (χ0v) is 12.0. The number of benzene rings is 1. The van der Waals surface area contributed by atoms with Crippen molar-refractivity contribution < 1.29 is 23.8 Å². The van der Waals surface area contributed by atoms with Gasteiger partial charge >= 0.3 is 0 Å². The zero-order valence-electron chi connectivity index (χ0n) is 12.0. The van der Waals surface area contributed by atoms with Gasteiger partial charge in [-0.05, 0) is 24.6 Å². The number of amides is 1. The van der Waals surface area contributed by atoms with Crippen molar-refractivity contribution in [3.05, 3.63) is 52.7 Å². The lowest BCUT2D eigenvalue weighted by molar-refractivity contribution is -0.420. The highest BCUT2D eigenvalue weighted by molar-refractivity contribution is 5.81. The molecule has 0 spiro atoms. The second-order valence-electron chi connectivity index (χ2n) is 4.81. The summed E-state index contributed by atoms with van der Waals surface area (Å²) in [6.45, 7) is 0.00432. The molecule has 0 aliphatic carbocycles. The molecule has 23 heavy (non-hydrogen) atoms. The molecule has 0 aromatic heterocycles. The van der Waals surface area contributed by atoms with Gasteiger partial charge in [-0.3, -0.25) is 14.9 Å². The third kappa shape index (κ3) is 3.20. The maximum atomic E-state index is 12.2. The SMILES string of the molecule is O=C1C(COc2ccc([N+](=O)[O-])cc2)OC=[N+]1[C-]1C=CCC=N1. The Labute approximate surface area is 131 Å². The summed E-state index contributed by atoms with van der Waals surface area (Å²) >= 11 is 0. The highest BCUT2D eigenvalue weighted by atomic mass is 16.6. The minimum Gasteiger partial charge on any atom is -0.490 e. The van der Waals surface area contributed by atoms with Gasteiger partial charge in [0.05, 0.1) is 11.1 Å². The van der Waals surface area contributed by atoms with Crippen molar-refractivity contribution in [3.8, 4) is 5.75 Å². The van der Waals surface area contributed by atoms with Crippen molar-refractivity contribution in [3.63, 3.8) is 0 Å². The average molecular weight is 315 g/mol. The van der Waals surface area contributed by atoms with Crippen LogP contribution in [-0.4, -0.2) is 40.7 Å². The Hall–Kier alpha value is -3.16. The van der Waals surface area contributed by atoms with E-state index in [-0.39, 0.29) is 18.2 Å². The second kappa shape index (κ2) is 6.30. The third-order valence-electron chi connectivity index (χ3n) is 3.27. The Morgan fingerprint density at radius 1 is 1.43 bits per heavy atom. The monoisotopic (exact) mass is 315 g/mol. The van der Waals surface area contributed by atoms with Gasteiger partial charge in [-0.1, -0.05) is 0 Å². The Kier molecular flexibility index (Phi) is 4.05. The summed E-state index contributed by atoms with van der Waals surface area (Å²) in [7, 11) is 0. The molecule has 0 radical (unpaired) electrons. The Morgan fingerprint density at radius 3 is 2.87 bits per heavy atom. The van der Waals surface area contributed by atoms with E-state index < -0.39 is 11.0 Å². The van der Waals surface area contributed by atoms with Gasteiger partial charge in [-0.25, -0.2) is 4.58 Å². The predicted octanol–water partition coefficient (Wildman–Crippen LogP) is 1.46. The highest BCUT2D eigenvalue weighted by Gasteiger charge is 2.33. The number of nitro benzene ring substituents is 1. The molecular weight excluding hydrogens is 302 g/mol. The topological polar surface area (TPSA) is 94.0 Å². The van der Waals surface area contributed by atoms with E-state index in [0.717, 1.165) is 6.42 Å². The normalized spacial score (nSPS) is 19.5. The fraction of sp³-hybridized carbons (Fsp3) is 0.200. The first kappa shape index (κ1) is 14.8. The van der Waals surface area contributed by atoms with Gasteiger partial charge in [0, 0.05) is 12.1 Å². The lowest BCUT2D eigenvalue weighted by Crippen LogP contribution is -2.32. The standard InChI is InChI=1S/C15H13N3O5/c19-15-13(23-10-17(15)14-3-1-2-8-16-14)9-22-12-6-4-11(5-7-12)18(20)21/h1,3-8,10,13H,2,9H2. The number of nitrogens with zero attached hydrogens (tertiary/aromatic N) is 3. The Balaban J connectivity index is 1.57. The molecule has 0 bridgehead atoms. The van der Waals surface area contributed by atoms with Gasteiger partial charge in [-0.15, -0.1) is 11.1 Å². The van der Waals surface area contributed by atoms with E-state index in [1.54, 1.807) is 12.3 Å². The third-order valence-corrected chi connectivity index (χ3v) is 3.27. The summed E-state index contributed by atoms with van der Waals surface area (Å²) in [5, 5.41) is 10.6. The van der Waals surface area contributed by atoms with E-state index in [1.807, 2.05) is 6.08 Å². The Bertz CT molecular complexity index is 696. The molecule has 118 valence electrons. The number of carbonyl (C=O) groups is 1. The van der Waals surface area contributed by atoms with Crippen molar-refractivity contribution >= 4 is 24.2 Å². The summed E-state index contributed by atoms with van der Waals surface area (Å²) in [6.07, 6.45) is 7.12. The summed E-state index contributed by atoms with van der Waals surface area (Å²) in [5.74, 6) is 0.152. The number of aliphatic imine (C=N–C) groups is 1. The highest BCUT2D eigenvalue weighted by Crippen LogP contribution is 2.19. The van der Waals surface area contributed by atoms with Crippen LogP contribution < -0.4 is 4.74 Å². The molecular formula is C15H13N3O5. The first-order chi connectivity index (χ1) is 11.1. The van der Waals surface area contributed by atoms with Crippen LogP contribution in [-0.2, 0) is 9.53 Å². The van der Waals surface area contributed by atoms with Crippen LogP contribution in [0.15, 0.2) is 41.4 Å². The molecule has 2 aliphatic heterocycles. The predicted molar refractivity (Wildman–Crippen MR) is 80.3 cm³/mol. The van der Waals surface area contributed by atoms with E-state index >= 15 is 0 Å². The van der Waals surface area contributed by atoms with Gasteiger partial charge < -0.3 is 9.47 Å². The molecule has 2 aliphatic rings. The van der Waals surface area contributed by atoms with Crippen LogP contribution in [0.25, 0.3) is 0 Å². The van der Waals surface area contributed by atoms with Crippen molar-refractivity contribution in [2.24, 2.45) is 4.99 Å². The van der Waals surface area contributed by atoms with Crippen LogP contribution in [0.3, 0.4) is 0 Å². The average Bonchev–Trinajstić information content (AvgIpc) is 2.95. The number of hydrogen-bond acceptors (Lipinski definition) is 6. The maximum Gasteiger partial charge on any atom is 0.294 e. The molecule has 0 N–H and O–H groups in total. The number of ether oxygens (including phenoxy) is 2. The van der Waals surface area contributed by atoms with E-state index in [4.69, 9.17) is 9.47 Å². The molecule has 1 aromatic rings. The van der Waals surface area contributed by atoms with Crippen LogP contribution in [0.5, 0.6) is 5.75 Å². The van der Waals surface area contributed by atoms with Gasteiger partial charge in [0.15, 0.2) is 12.5 Å². The van der Waals surface area contributed by atoms with Gasteiger partial charge in [-0.2, -0.15) is 0 Å². The van der Waals surface area contributed by atoms with E-state index in [9.17, 15) is 14.9 Å². The molecule has 1 atom stereocenters. The summed E-state index contributed by atoms with van der Waals surface area (Å²) < 4.78 is 12.1. The first-order valence-electron chi connectivity index (χ1n) is 6.90. The van der Waals surface area contributed by atoms with Crippen molar-refractivity contribution in [2.75, 3.05) is 6.61 Å². The van der Waals surface area contributed by atoms with E-state index in [1.165, 1.54) is 35.2 Å². The molecule has 0 fully saturated rings. The van der Waals surface area contributed by atoms with Crippen LogP contribution in [0.2, 0.25) is 0 Å². The molecule has 0 saturated heterocycles. The summed E-state index contributed by atoms with van der Waals surface area (Å²) in [5.41, 5.74) is -0.0246. The van der Waals surface area contributed by atoms with E-state index in [0.29, 0.717) is 11.9 Å². The van der Waals surface area contributed by atoms with Crippen LogP contribution in [0.1, 0.15) is 6.42 Å². The number of carbonyl (C=O) groups excluding carboxylic acids is 1. The number of nitro groups is 1. The van der Waals surface area contributed by atoms with Crippen molar-refractivity contribution in [2.45, 2.75) is 12.5 Å². The van der Waals surface area contributed by atoms with Gasteiger partial charge in [0.2, 0.25) is 0 Å². The summed E-state index contributed by atoms with van der Waals surface area (Å²) in [4.78, 5) is 26.5. The number of allylic oxidation sites excluding steroid dienone is 1. The number of dihydropyridines is 1. The number of hydrogen-bond donors (Lipinski definition) is 0. The maximum absolute atomic E-state index is 12.2. The van der Waals surface area contributed by atoms with Crippen molar-refractivity contribution in [1.29, 1.82) is 0 Å². The molecule has 3 rings (SSSR count). The molecule has 1 aromatic carbocycles. The smallest absolute Gasteiger partial charge is 0.294 e. The Morgan fingerprint density at radius 2 is 2.22 bits per heavy atom. The van der Waals surface area contributed by atoms with Gasteiger partial charge in [0.25, 0.3) is 17.8 Å². The molecule has 2 heterocycles. The van der Waals surface area contributed by atoms with Crippen LogP contribution >= 0.6 is 0 Å². The molecule has 8 nitrogen and oxygen atoms in total. The van der Waals surface area contributed by atoms with Crippen LogP contribution in [0.4, 0.5) is 5.69 Å². The lowest BCUT2D eigenvalue weighted by atomic mass is 10.2. The van der Waals surface area contributed by atoms with Gasteiger partial charge in [0.1, 0.15) is 12.4 Å². The van der Waals surface area contributed by atoms with Crippen LogP contribution in [0, 0.1) is 16.3 Å². The first-order valence-corrected chi connectivity index (χ1v) is 6.90. The summed E-state index contributed by atoms with van der Waals surface area (Å²) in [6, 6.07) is 5.62. The number of rotatable bonds is 5. The lowest BCUT2D eigenvalue weighted by Gasteiger charge is -2.12. The second-order valence-corrected chi connectivity index (χ2v) is 4.81. The number of non-ortho nitro benzene ring substituents is 1. The van der Waals surface area contributed by atoms with Crippen molar-refractivity contribution in [1.82, 2.24) is 0 Å². The molecule has 1 amide bonds. The minimum absolute atomic E-state index is 0.00432. The largest absolute Gasteiger partial charge is 0.490 e. The zero-order chi connectivity index (χ0) is 16.2. The molecule has 8 heteroatoms. The van der Waals surface area contributed by atoms with E-state index in [2.05, 4.69) is 4.99 Å². The fourth-order valence-corrected chi connectivity index (χ4v) is 2.08.